The van der Waals surface area contributed by atoms with Gasteiger partial charge in [-0.1, -0.05) is 34.6 Å². The van der Waals surface area contributed by atoms with Crippen molar-refractivity contribution in [3.05, 3.63) is 0 Å². The van der Waals surface area contributed by atoms with Gasteiger partial charge in [0.05, 0.1) is 24.4 Å². The maximum Gasteiger partial charge on any atom is 0.303 e. The molecule has 51 heavy (non-hydrogen) atoms. The Morgan fingerprint density at radius 2 is 1.69 bits per heavy atom. The third kappa shape index (κ3) is 5.12. The van der Waals surface area contributed by atoms with Gasteiger partial charge in [0, 0.05) is 56.5 Å². The van der Waals surface area contributed by atoms with Crippen LogP contribution in [0.5, 0.6) is 0 Å². The van der Waals surface area contributed by atoms with E-state index in [1.807, 2.05) is 0 Å². The van der Waals surface area contributed by atoms with E-state index < -0.39 is 35.3 Å². The lowest BCUT2D eigenvalue weighted by Gasteiger charge is -2.62. The Balaban J connectivity index is 0.995. The van der Waals surface area contributed by atoms with E-state index >= 15 is 4.79 Å². The predicted octanol–water partition coefficient (Wildman–Crippen LogP) is 5.85. The zero-order chi connectivity index (χ0) is 36.7. The zero-order valence-corrected chi connectivity index (χ0v) is 33.3. The molecule has 8 rings (SSSR count). The van der Waals surface area contributed by atoms with Gasteiger partial charge in [-0.05, 0) is 118 Å². The number of fused-ring (bicyclic) bond motifs is 4. The number of nitrogens with zero attached hydrogens (tertiary/aromatic N) is 2. The number of morpholine rings is 1. The first-order valence-corrected chi connectivity index (χ1v) is 20.6. The highest BCUT2D eigenvalue weighted by Gasteiger charge is 2.85. The predicted molar refractivity (Wildman–Crippen MR) is 194 cm³/mol. The van der Waals surface area contributed by atoms with Crippen LogP contribution in [0.3, 0.4) is 0 Å². The van der Waals surface area contributed by atoms with E-state index in [1.165, 1.54) is 26.2 Å². The van der Waals surface area contributed by atoms with Crippen LogP contribution in [-0.4, -0.2) is 108 Å². The van der Waals surface area contributed by atoms with Crippen LogP contribution in [0.15, 0.2) is 0 Å². The second-order valence-corrected chi connectivity index (χ2v) is 20.7. The Morgan fingerprint density at radius 3 is 2.35 bits per heavy atom. The third-order valence-electron chi connectivity index (χ3n) is 17.3. The van der Waals surface area contributed by atoms with Gasteiger partial charge in [-0.25, -0.2) is 0 Å². The third-order valence-corrected chi connectivity index (χ3v) is 17.3. The molecule has 288 valence electrons. The van der Waals surface area contributed by atoms with Crippen molar-refractivity contribution in [1.82, 2.24) is 9.80 Å². The minimum absolute atomic E-state index is 0.0340. The molecular weight excluding hydrogens is 644 g/mol. The highest BCUT2D eigenvalue weighted by Crippen LogP contribution is 2.89. The Morgan fingerprint density at radius 1 is 1.00 bits per heavy atom. The van der Waals surface area contributed by atoms with E-state index in [-0.39, 0.29) is 51.7 Å². The number of likely N-dealkylation sites (tertiary alicyclic amines) is 1. The fourth-order valence-electron chi connectivity index (χ4n) is 14.7. The SMILES string of the molecule is CC(=O)O[C@@H]([C@H]1C[C@@H](C)[C@H]2[C@H](O1)C(=O)[C@@]1(C)[C@@H]3CC[C@H]4C(C)(C)[C@@H](O[C@H]5CN(C6CN(C(C)C)C6)CCO5)CCC45C[C@@]35CC[C@]21C)C(C)(C)O. The summed E-state index contributed by atoms with van der Waals surface area (Å²) in [6.07, 6.45) is 6.78. The maximum absolute atomic E-state index is 15.1. The summed E-state index contributed by atoms with van der Waals surface area (Å²) in [6.45, 7) is 26.1. The summed E-state index contributed by atoms with van der Waals surface area (Å²) in [5.74, 6) is 1.10. The van der Waals surface area contributed by atoms with E-state index in [9.17, 15) is 9.90 Å². The largest absolute Gasteiger partial charge is 0.457 e. The Labute approximate surface area is 307 Å². The van der Waals surface area contributed by atoms with Crippen molar-refractivity contribution in [2.45, 2.75) is 169 Å². The molecule has 13 atom stereocenters. The van der Waals surface area contributed by atoms with Gasteiger partial charge >= 0.3 is 5.97 Å². The van der Waals surface area contributed by atoms with Gasteiger partial charge in [0.15, 0.2) is 18.2 Å². The molecule has 0 aromatic carbocycles. The lowest BCUT2D eigenvalue weighted by molar-refractivity contribution is -0.252. The van der Waals surface area contributed by atoms with E-state index in [1.54, 1.807) is 13.8 Å². The fraction of sp³-hybridized carbons (Fsp3) is 0.952. The van der Waals surface area contributed by atoms with Gasteiger partial charge in [-0.3, -0.25) is 19.4 Å². The topological polar surface area (TPSA) is 97.8 Å². The standard InChI is InChI=1S/C42H68N2O7/c1-24(2)44-20-27(21-44)43-17-18-48-32(22-43)51-31-13-14-41-23-42(41)16-15-39(9)33-25(3)19-28(36(38(7,8)47)49-26(4)45)50-34(33)35(46)40(39,10)30(42)12-11-29(41)37(31,5)6/h24-25,27-34,36,47H,11-23H2,1-10H3/t25-,28-,29+,30+,31+,32+,33+,34+,36+,39-,40-,41?,42+/m1/s1. The molecule has 0 aromatic rings. The van der Waals surface area contributed by atoms with Crippen LogP contribution in [0.1, 0.15) is 121 Å². The number of esters is 1. The molecular formula is C42H68N2O7. The molecule has 3 heterocycles. The van der Waals surface area contributed by atoms with Crippen LogP contribution >= 0.6 is 0 Å². The molecule has 2 spiro atoms. The van der Waals surface area contributed by atoms with Crippen molar-refractivity contribution in [2.75, 3.05) is 32.8 Å². The van der Waals surface area contributed by atoms with Crippen LogP contribution in [0, 0.1) is 50.7 Å². The molecule has 0 amide bonds. The smallest absolute Gasteiger partial charge is 0.303 e. The molecule has 0 aromatic heterocycles. The number of ether oxygens (including phenoxy) is 4. The van der Waals surface area contributed by atoms with Crippen LogP contribution in [0.2, 0.25) is 0 Å². The first-order chi connectivity index (χ1) is 23.8. The molecule has 0 bridgehead atoms. The summed E-state index contributed by atoms with van der Waals surface area (Å²) in [6, 6.07) is 1.22. The number of carbonyl (C=O) groups excluding carboxylic acids is 2. The van der Waals surface area contributed by atoms with Gasteiger partial charge in [-0.15, -0.1) is 0 Å². The van der Waals surface area contributed by atoms with Gasteiger partial charge in [0.2, 0.25) is 0 Å². The second kappa shape index (κ2) is 11.9. The highest BCUT2D eigenvalue weighted by atomic mass is 16.7. The second-order valence-electron chi connectivity index (χ2n) is 20.7. The average Bonchev–Trinajstić information content (AvgIpc) is 3.64. The first kappa shape index (κ1) is 36.9. The summed E-state index contributed by atoms with van der Waals surface area (Å²) < 4.78 is 25.8. The molecule has 1 N–H and O–H groups in total. The van der Waals surface area contributed by atoms with Crippen LogP contribution in [-0.2, 0) is 28.5 Å². The molecule has 1 unspecified atom stereocenters. The van der Waals surface area contributed by atoms with E-state index in [2.05, 4.69) is 58.3 Å². The van der Waals surface area contributed by atoms with Crippen molar-refractivity contribution in [3.63, 3.8) is 0 Å². The van der Waals surface area contributed by atoms with Crippen molar-refractivity contribution in [1.29, 1.82) is 0 Å². The van der Waals surface area contributed by atoms with Crippen molar-refractivity contribution < 1.29 is 33.6 Å². The average molecular weight is 713 g/mol. The summed E-state index contributed by atoms with van der Waals surface area (Å²) in [4.78, 5) is 32.3. The zero-order valence-electron chi connectivity index (χ0n) is 33.3. The minimum Gasteiger partial charge on any atom is -0.457 e. The summed E-state index contributed by atoms with van der Waals surface area (Å²) >= 11 is 0. The number of carbonyl (C=O) groups is 2. The molecule has 5 saturated carbocycles. The Bertz CT molecular complexity index is 1410. The number of hydrogen-bond acceptors (Lipinski definition) is 9. The minimum atomic E-state index is -1.28. The molecule has 9 heteroatoms. The number of aliphatic hydroxyl groups is 1. The lowest BCUT2D eigenvalue weighted by Crippen LogP contribution is -2.64. The monoisotopic (exact) mass is 713 g/mol. The molecule has 3 aliphatic heterocycles. The molecule has 9 nitrogen and oxygen atoms in total. The maximum atomic E-state index is 15.1. The number of hydrogen-bond donors (Lipinski definition) is 1. The van der Waals surface area contributed by atoms with Crippen molar-refractivity contribution >= 4 is 11.8 Å². The summed E-state index contributed by atoms with van der Waals surface area (Å²) in [7, 11) is 0. The molecule has 8 fully saturated rings. The van der Waals surface area contributed by atoms with Crippen LogP contribution in [0.25, 0.3) is 0 Å². The number of rotatable bonds is 7. The van der Waals surface area contributed by atoms with Crippen LogP contribution < -0.4 is 0 Å². The lowest BCUT2D eigenvalue weighted by atomic mass is 9.41. The molecule has 8 aliphatic rings. The van der Waals surface area contributed by atoms with Gasteiger partial charge < -0.3 is 24.1 Å². The number of Topliss-reactive ketones (excluding diaryl/α,β-unsaturated/α-hetero) is 1. The van der Waals surface area contributed by atoms with Crippen molar-refractivity contribution in [2.24, 2.45) is 50.7 Å². The summed E-state index contributed by atoms with van der Waals surface area (Å²) in [5.41, 5.74) is -1.38. The Kier molecular flexibility index (Phi) is 8.63. The Hall–Kier alpha value is -1.10. The number of ketones is 1. The van der Waals surface area contributed by atoms with Crippen LogP contribution in [0.4, 0.5) is 0 Å². The van der Waals surface area contributed by atoms with E-state index in [0.29, 0.717) is 30.3 Å². The van der Waals surface area contributed by atoms with E-state index in [4.69, 9.17) is 18.9 Å². The molecule has 3 saturated heterocycles. The molecule has 5 aliphatic carbocycles. The van der Waals surface area contributed by atoms with Gasteiger partial charge in [0.1, 0.15) is 6.10 Å². The normalized spacial score (nSPS) is 48.8. The first-order valence-electron chi connectivity index (χ1n) is 20.6. The quantitative estimate of drug-likeness (QED) is 0.327. The van der Waals surface area contributed by atoms with Gasteiger partial charge in [-0.2, -0.15) is 0 Å². The highest BCUT2D eigenvalue weighted by molar-refractivity contribution is 5.93. The van der Waals surface area contributed by atoms with E-state index in [0.717, 1.165) is 58.5 Å². The summed E-state index contributed by atoms with van der Waals surface area (Å²) in [5, 5.41) is 11.0. The van der Waals surface area contributed by atoms with Gasteiger partial charge in [0.25, 0.3) is 0 Å². The fourth-order valence-corrected chi connectivity index (χ4v) is 14.7. The van der Waals surface area contributed by atoms with Crippen molar-refractivity contribution in [3.8, 4) is 0 Å². The molecule has 0 radical (unpaired) electrons.